The molecule has 0 radical (unpaired) electrons. The summed E-state index contributed by atoms with van der Waals surface area (Å²) in [5.74, 6) is -2.41. The first-order valence-corrected chi connectivity index (χ1v) is 7.28. The standard InChI is InChI=1S/C17H15F2N3O/c18-14-5-4-13(11-15(14)19)17(23)21-8-2-9-22-10-6-12-3-1-7-20-16(12)22/h1,3-7,10-11H,2,8-9H2,(H,21,23). The van der Waals surface area contributed by atoms with Crippen LogP contribution < -0.4 is 5.32 Å². The molecule has 0 aliphatic rings. The molecule has 1 aromatic carbocycles. The lowest BCUT2D eigenvalue weighted by Crippen LogP contribution is -2.25. The second-order valence-corrected chi connectivity index (χ2v) is 5.16. The number of carbonyl (C=O) groups excluding carboxylic acids is 1. The zero-order chi connectivity index (χ0) is 16.2. The monoisotopic (exact) mass is 315 g/mol. The summed E-state index contributed by atoms with van der Waals surface area (Å²) in [6.07, 6.45) is 4.40. The van der Waals surface area contributed by atoms with Crippen molar-refractivity contribution < 1.29 is 13.6 Å². The van der Waals surface area contributed by atoms with Gasteiger partial charge in [0.1, 0.15) is 5.65 Å². The predicted molar refractivity (Wildman–Crippen MR) is 83.0 cm³/mol. The van der Waals surface area contributed by atoms with Gasteiger partial charge in [-0.1, -0.05) is 0 Å². The van der Waals surface area contributed by atoms with E-state index in [1.54, 1.807) is 6.20 Å². The van der Waals surface area contributed by atoms with Gasteiger partial charge in [-0.05, 0) is 42.8 Å². The topological polar surface area (TPSA) is 46.9 Å². The van der Waals surface area contributed by atoms with E-state index in [0.717, 1.165) is 23.2 Å². The summed E-state index contributed by atoms with van der Waals surface area (Å²) >= 11 is 0. The van der Waals surface area contributed by atoms with Crippen molar-refractivity contribution in [2.75, 3.05) is 6.54 Å². The molecule has 2 aromatic heterocycles. The van der Waals surface area contributed by atoms with E-state index in [-0.39, 0.29) is 5.56 Å². The molecule has 0 saturated heterocycles. The largest absolute Gasteiger partial charge is 0.352 e. The molecule has 0 spiro atoms. The normalized spacial score (nSPS) is 10.9. The molecule has 23 heavy (non-hydrogen) atoms. The first kappa shape index (κ1) is 15.1. The third-order valence-electron chi connectivity index (χ3n) is 3.57. The lowest BCUT2D eigenvalue weighted by molar-refractivity contribution is 0.0952. The highest BCUT2D eigenvalue weighted by Crippen LogP contribution is 2.12. The number of aromatic nitrogens is 2. The number of hydrogen-bond donors (Lipinski definition) is 1. The van der Waals surface area contributed by atoms with Gasteiger partial charge < -0.3 is 9.88 Å². The molecule has 2 heterocycles. The van der Waals surface area contributed by atoms with Crippen molar-refractivity contribution in [1.29, 1.82) is 0 Å². The highest BCUT2D eigenvalue weighted by atomic mass is 19.2. The molecule has 118 valence electrons. The van der Waals surface area contributed by atoms with E-state index in [1.165, 1.54) is 6.07 Å². The zero-order valence-corrected chi connectivity index (χ0v) is 12.3. The fourth-order valence-corrected chi connectivity index (χ4v) is 2.39. The summed E-state index contributed by atoms with van der Waals surface area (Å²) in [7, 11) is 0. The van der Waals surface area contributed by atoms with Crippen LogP contribution >= 0.6 is 0 Å². The summed E-state index contributed by atoms with van der Waals surface area (Å²) in [4.78, 5) is 16.2. The van der Waals surface area contributed by atoms with Gasteiger partial charge in [0.2, 0.25) is 0 Å². The number of carbonyl (C=O) groups is 1. The Morgan fingerprint density at radius 2 is 2.04 bits per heavy atom. The van der Waals surface area contributed by atoms with E-state index >= 15 is 0 Å². The molecule has 1 amide bonds. The van der Waals surface area contributed by atoms with Crippen molar-refractivity contribution in [3.05, 3.63) is 66.0 Å². The van der Waals surface area contributed by atoms with Crippen LogP contribution in [0, 0.1) is 11.6 Å². The predicted octanol–water partition coefficient (Wildman–Crippen LogP) is 3.13. The molecule has 0 fully saturated rings. The van der Waals surface area contributed by atoms with Crippen molar-refractivity contribution in [3.8, 4) is 0 Å². The number of nitrogens with zero attached hydrogens (tertiary/aromatic N) is 2. The van der Waals surface area contributed by atoms with Gasteiger partial charge in [-0.2, -0.15) is 0 Å². The lowest BCUT2D eigenvalue weighted by atomic mass is 10.2. The molecule has 4 nitrogen and oxygen atoms in total. The van der Waals surface area contributed by atoms with Gasteiger partial charge >= 0.3 is 0 Å². The van der Waals surface area contributed by atoms with Crippen LogP contribution in [0.15, 0.2) is 48.8 Å². The number of amides is 1. The van der Waals surface area contributed by atoms with Crippen LogP contribution in [0.2, 0.25) is 0 Å². The van der Waals surface area contributed by atoms with Crippen molar-refractivity contribution in [2.45, 2.75) is 13.0 Å². The average molecular weight is 315 g/mol. The zero-order valence-electron chi connectivity index (χ0n) is 12.3. The van der Waals surface area contributed by atoms with Crippen LogP contribution in [-0.4, -0.2) is 22.0 Å². The number of halogens is 2. The lowest BCUT2D eigenvalue weighted by Gasteiger charge is -2.07. The fraction of sp³-hybridized carbons (Fsp3) is 0.176. The Balaban J connectivity index is 1.53. The number of aryl methyl sites for hydroxylation is 1. The summed E-state index contributed by atoms with van der Waals surface area (Å²) in [6, 6.07) is 8.97. The van der Waals surface area contributed by atoms with Crippen LogP contribution in [0.3, 0.4) is 0 Å². The Morgan fingerprint density at radius 3 is 2.87 bits per heavy atom. The van der Waals surface area contributed by atoms with Crippen molar-refractivity contribution in [1.82, 2.24) is 14.9 Å². The smallest absolute Gasteiger partial charge is 0.251 e. The van der Waals surface area contributed by atoms with Gasteiger partial charge in [0.15, 0.2) is 11.6 Å². The number of hydrogen-bond acceptors (Lipinski definition) is 2. The van der Waals surface area contributed by atoms with Crippen LogP contribution in [0.1, 0.15) is 16.8 Å². The van der Waals surface area contributed by atoms with Crippen LogP contribution in [0.25, 0.3) is 11.0 Å². The van der Waals surface area contributed by atoms with Crippen molar-refractivity contribution >= 4 is 16.9 Å². The van der Waals surface area contributed by atoms with E-state index in [0.29, 0.717) is 19.5 Å². The van der Waals surface area contributed by atoms with Gasteiger partial charge in [-0.25, -0.2) is 13.8 Å². The molecule has 0 aliphatic carbocycles. The third kappa shape index (κ3) is 3.36. The second-order valence-electron chi connectivity index (χ2n) is 5.16. The Kier molecular flexibility index (Phi) is 4.32. The van der Waals surface area contributed by atoms with E-state index in [4.69, 9.17) is 0 Å². The molecule has 1 N–H and O–H groups in total. The molecule has 0 bridgehead atoms. The van der Waals surface area contributed by atoms with Gasteiger partial charge in [-0.3, -0.25) is 4.79 Å². The summed E-state index contributed by atoms with van der Waals surface area (Å²) in [5.41, 5.74) is 1.01. The van der Waals surface area contributed by atoms with E-state index in [9.17, 15) is 13.6 Å². The van der Waals surface area contributed by atoms with Crippen LogP contribution in [0.5, 0.6) is 0 Å². The van der Waals surface area contributed by atoms with Gasteiger partial charge in [0, 0.05) is 36.4 Å². The van der Waals surface area contributed by atoms with Gasteiger partial charge in [0.05, 0.1) is 0 Å². The molecule has 0 unspecified atom stereocenters. The number of rotatable bonds is 5. The molecule has 0 saturated carbocycles. The van der Waals surface area contributed by atoms with Crippen LogP contribution in [0.4, 0.5) is 8.78 Å². The molecule has 0 aliphatic heterocycles. The third-order valence-corrected chi connectivity index (χ3v) is 3.57. The fourth-order valence-electron chi connectivity index (χ4n) is 2.39. The Morgan fingerprint density at radius 1 is 1.17 bits per heavy atom. The Hall–Kier alpha value is -2.76. The number of fused-ring (bicyclic) bond motifs is 1. The Bertz CT molecular complexity index is 845. The molecular weight excluding hydrogens is 300 g/mol. The average Bonchev–Trinajstić information content (AvgIpc) is 2.97. The molecular formula is C17H15F2N3O. The van der Waals surface area contributed by atoms with E-state index < -0.39 is 17.5 Å². The highest BCUT2D eigenvalue weighted by molar-refractivity contribution is 5.94. The van der Waals surface area contributed by atoms with E-state index in [1.807, 2.05) is 29.0 Å². The molecule has 0 atom stereocenters. The van der Waals surface area contributed by atoms with Gasteiger partial charge in [0.25, 0.3) is 5.91 Å². The maximum atomic E-state index is 13.1. The summed E-state index contributed by atoms with van der Waals surface area (Å²) in [6.45, 7) is 1.14. The van der Waals surface area contributed by atoms with Gasteiger partial charge in [-0.15, -0.1) is 0 Å². The summed E-state index contributed by atoms with van der Waals surface area (Å²) in [5, 5.41) is 3.76. The van der Waals surface area contributed by atoms with Crippen molar-refractivity contribution in [2.24, 2.45) is 0 Å². The maximum Gasteiger partial charge on any atom is 0.251 e. The highest BCUT2D eigenvalue weighted by Gasteiger charge is 2.09. The number of nitrogens with one attached hydrogen (secondary N) is 1. The molecule has 3 aromatic rings. The van der Waals surface area contributed by atoms with E-state index in [2.05, 4.69) is 10.3 Å². The number of benzene rings is 1. The summed E-state index contributed by atoms with van der Waals surface area (Å²) < 4.78 is 27.9. The quantitative estimate of drug-likeness (QED) is 0.735. The van der Waals surface area contributed by atoms with Crippen molar-refractivity contribution in [3.63, 3.8) is 0 Å². The SMILES string of the molecule is O=C(NCCCn1ccc2cccnc21)c1ccc(F)c(F)c1. The molecule has 6 heteroatoms. The minimum atomic E-state index is -1.03. The minimum Gasteiger partial charge on any atom is -0.352 e. The number of pyridine rings is 1. The van der Waals surface area contributed by atoms with Crippen LogP contribution in [-0.2, 0) is 6.54 Å². The molecule has 3 rings (SSSR count). The minimum absolute atomic E-state index is 0.108. The maximum absolute atomic E-state index is 13.1. The Labute approximate surface area is 131 Å². The second kappa shape index (κ2) is 6.56. The first-order chi connectivity index (χ1) is 11.1. The first-order valence-electron chi connectivity index (χ1n) is 7.28.